The number of nitrogens with zero attached hydrogens (tertiary/aromatic N) is 4. The highest BCUT2D eigenvalue weighted by Crippen LogP contribution is 2.22. The van der Waals surface area contributed by atoms with Gasteiger partial charge in [0.25, 0.3) is 5.91 Å². The molecule has 1 aromatic carbocycles. The molecule has 5 rings (SSSR count). The highest BCUT2D eigenvalue weighted by Gasteiger charge is 2.14. The minimum Gasteiger partial charge on any atom is -0.339 e. The van der Waals surface area contributed by atoms with Crippen LogP contribution in [0.5, 0.6) is 0 Å². The van der Waals surface area contributed by atoms with E-state index in [-0.39, 0.29) is 5.91 Å². The molecule has 146 valence electrons. The van der Waals surface area contributed by atoms with Crippen molar-refractivity contribution in [1.29, 1.82) is 0 Å². The molecule has 0 bridgehead atoms. The summed E-state index contributed by atoms with van der Waals surface area (Å²) in [5.41, 5.74) is 3.93. The molecule has 4 aromatic heterocycles. The van der Waals surface area contributed by atoms with Crippen molar-refractivity contribution in [3.63, 3.8) is 0 Å². The molecule has 0 atom stereocenters. The first-order valence-corrected chi connectivity index (χ1v) is 9.45. The molecule has 7 heteroatoms. The summed E-state index contributed by atoms with van der Waals surface area (Å²) in [5, 5.41) is 7.02. The summed E-state index contributed by atoms with van der Waals surface area (Å²) in [6.07, 6.45) is 7.50. The third-order valence-electron chi connectivity index (χ3n) is 4.76. The predicted octanol–water partition coefficient (Wildman–Crippen LogP) is 4.23. The number of carbonyl (C=O) groups is 1. The quantitative estimate of drug-likeness (QED) is 0.481. The van der Waals surface area contributed by atoms with Gasteiger partial charge in [-0.25, -0.2) is 0 Å². The lowest BCUT2D eigenvalue weighted by atomic mass is 10.1. The van der Waals surface area contributed by atoms with Crippen LogP contribution in [0.1, 0.15) is 21.8 Å². The Labute approximate surface area is 172 Å². The average molecular weight is 395 g/mol. The number of hydrogen-bond donors (Lipinski definition) is 1. The first-order valence-electron chi connectivity index (χ1n) is 9.45. The molecule has 0 saturated carbocycles. The lowest BCUT2D eigenvalue weighted by molar-refractivity contribution is 0.102. The van der Waals surface area contributed by atoms with E-state index in [2.05, 4.69) is 20.4 Å². The molecule has 0 radical (unpaired) electrons. The van der Waals surface area contributed by atoms with Gasteiger partial charge in [0.1, 0.15) is 0 Å². The standard InChI is InChI=1S/C23H17N5O2/c29-23(18-12-19-8-3-4-11-28(19)15-18)25-20-9-2-1-6-16(20)13-21-26-22(27-30-21)17-7-5-10-24-14-17/h1-12,14-15H,13H2,(H,25,29). The van der Waals surface area contributed by atoms with Crippen LogP contribution in [0.2, 0.25) is 0 Å². The van der Waals surface area contributed by atoms with Gasteiger partial charge in [-0.1, -0.05) is 29.4 Å². The van der Waals surface area contributed by atoms with Crippen LogP contribution in [0.3, 0.4) is 0 Å². The Morgan fingerprint density at radius 2 is 1.97 bits per heavy atom. The monoisotopic (exact) mass is 395 g/mol. The molecule has 30 heavy (non-hydrogen) atoms. The fourth-order valence-electron chi connectivity index (χ4n) is 3.27. The van der Waals surface area contributed by atoms with E-state index < -0.39 is 0 Å². The number of hydrogen-bond acceptors (Lipinski definition) is 5. The molecule has 0 saturated heterocycles. The van der Waals surface area contributed by atoms with E-state index in [0.29, 0.717) is 29.4 Å². The zero-order valence-corrected chi connectivity index (χ0v) is 15.9. The van der Waals surface area contributed by atoms with E-state index in [0.717, 1.165) is 16.6 Å². The predicted molar refractivity (Wildman–Crippen MR) is 112 cm³/mol. The van der Waals surface area contributed by atoms with E-state index in [1.165, 1.54) is 0 Å². The van der Waals surface area contributed by atoms with Crippen molar-refractivity contribution in [1.82, 2.24) is 19.5 Å². The van der Waals surface area contributed by atoms with Gasteiger partial charge in [0.2, 0.25) is 11.7 Å². The molecule has 0 aliphatic rings. The van der Waals surface area contributed by atoms with Crippen molar-refractivity contribution in [2.75, 3.05) is 5.32 Å². The van der Waals surface area contributed by atoms with Crippen LogP contribution in [-0.4, -0.2) is 25.4 Å². The summed E-state index contributed by atoms with van der Waals surface area (Å²) < 4.78 is 7.32. The van der Waals surface area contributed by atoms with E-state index in [9.17, 15) is 4.79 Å². The van der Waals surface area contributed by atoms with E-state index in [4.69, 9.17) is 4.52 Å². The van der Waals surface area contributed by atoms with Crippen molar-refractivity contribution in [2.24, 2.45) is 0 Å². The van der Waals surface area contributed by atoms with E-state index in [1.807, 2.05) is 77.5 Å². The van der Waals surface area contributed by atoms with Gasteiger partial charge in [-0.2, -0.15) is 4.98 Å². The van der Waals surface area contributed by atoms with Crippen molar-refractivity contribution < 1.29 is 9.32 Å². The van der Waals surface area contributed by atoms with Crippen LogP contribution in [0.15, 0.2) is 90.0 Å². The average Bonchev–Trinajstić information content (AvgIpc) is 3.43. The Hall–Kier alpha value is -4.26. The van der Waals surface area contributed by atoms with Crippen LogP contribution in [0.25, 0.3) is 16.9 Å². The number of amides is 1. The Kier molecular flexibility index (Phi) is 4.53. The summed E-state index contributed by atoms with van der Waals surface area (Å²) in [7, 11) is 0. The fraction of sp³-hybridized carbons (Fsp3) is 0.0435. The molecule has 0 unspecified atom stereocenters. The SMILES string of the molecule is O=C(Nc1ccccc1Cc1nc(-c2cccnc2)no1)c1cc2ccccn2c1. The maximum atomic E-state index is 12.8. The van der Waals surface area contributed by atoms with Gasteiger partial charge in [-0.3, -0.25) is 9.78 Å². The zero-order chi connectivity index (χ0) is 20.3. The molecule has 4 heterocycles. The molecule has 5 aromatic rings. The first-order chi connectivity index (χ1) is 14.8. The first kappa shape index (κ1) is 17.8. The number of pyridine rings is 2. The van der Waals surface area contributed by atoms with Gasteiger partial charge in [0.05, 0.1) is 12.0 Å². The lowest BCUT2D eigenvalue weighted by Crippen LogP contribution is -2.12. The van der Waals surface area contributed by atoms with E-state index in [1.54, 1.807) is 12.4 Å². The number of nitrogens with one attached hydrogen (secondary N) is 1. The molecule has 7 nitrogen and oxygen atoms in total. The number of fused-ring (bicyclic) bond motifs is 1. The number of para-hydroxylation sites is 1. The molecular formula is C23H17N5O2. The molecule has 0 aliphatic heterocycles. The number of rotatable bonds is 5. The Morgan fingerprint density at radius 3 is 2.83 bits per heavy atom. The van der Waals surface area contributed by atoms with Crippen LogP contribution >= 0.6 is 0 Å². The fourth-order valence-corrected chi connectivity index (χ4v) is 3.27. The maximum absolute atomic E-state index is 12.8. The Balaban J connectivity index is 1.37. The highest BCUT2D eigenvalue weighted by atomic mass is 16.5. The molecule has 0 aliphatic carbocycles. The van der Waals surface area contributed by atoms with Gasteiger partial charge < -0.3 is 14.2 Å². The molecular weight excluding hydrogens is 378 g/mol. The maximum Gasteiger partial charge on any atom is 0.257 e. The second-order valence-electron chi connectivity index (χ2n) is 6.80. The summed E-state index contributed by atoms with van der Waals surface area (Å²) in [6, 6.07) is 19.0. The molecule has 0 spiro atoms. The number of carbonyl (C=O) groups excluding carboxylic acids is 1. The third kappa shape index (κ3) is 3.56. The summed E-state index contributed by atoms with van der Waals surface area (Å²) >= 11 is 0. The van der Waals surface area contributed by atoms with Crippen molar-refractivity contribution in [3.8, 4) is 11.4 Å². The second-order valence-corrected chi connectivity index (χ2v) is 6.80. The van der Waals surface area contributed by atoms with Crippen molar-refractivity contribution >= 4 is 17.1 Å². The van der Waals surface area contributed by atoms with E-state index >= 15 is 0 Å². The summed E-state index contributed by atoms with van der Waals surface area (Å²) in [5.74, 6) is 0.776. The largest absolute Gasteiger partial charge is 0.339 e. The highest BCUT2D eigenvalue weighted by molar-refractivity contribution is 6.05. The molecule has 1 N–H and O–H groups in total. The molecule has 1 amide bonds. The second kappa shape index (κ2) is 7.63. The normalized spacial score (nSPS) is 10.9. The van der Waals surface area contributed by atoms with Gasteiger partial charge in [0, 0.05) is 41.6 Å². The van der Waals surface area contributed by atoms with Crippen molar-refractivity contribution in [3.05, 3.63) is 102 Å². The van der Waals surface area contributed by atoms with Gasteiger partial charge in [0.15, 0.2) is 0 Å². The van der Waals surface area contributed by atoms with Crippen LogP contribution in [-0.2, 0) is 6.42 Å². The van der Waals surface area contributed by atoms with Crippen molar-refractivity contribution in [2.45, 2.75) is 6.42 Å². The van der Waals surface area contributed by atoms with Crippen LogP contribution in [0, 0.1) is 0 Å². The Morgan fingerprint density at radius 1 is 1.07 bits per heavy atom. The Bertz CT molecular complexity index is 1290. The zero-order valence-electron chi connectivity index (χ0n) is 15.9. The summed E-state index contributed by atoms with van der Waals surface area (Å²) in [4.78, 5) is 21.3. The van der Waals surface area contributed by atoms with Crippen LogP contribution < -0.4 is 5.32 Å². The summed E-state index contributed by atoms with van der Waals surface area (Å²) in [6.45, 7) is 0. The third-order valence-corrected chi connectivity index (χ3v) is 4.76. The van der Waals surface area contributed by atoms with Gasteiger partial charge in [-0.15, -0.1) is 0 Å². The van der Waals surface area contributed by atoms with Crippen LogP contribution in [0.4, 0.5) is 5.69 Å². The van der Waals surface area contributed by atoms with Gasteiger partial charge >= 0.3 is 0 Å². The smallest absolute Gasteiger partial charge is 0.257 e. The molecule has 0 fully saturated rings. The number of anilines is 1. The van der Waals surface area contributed by atoms with Gasteiger partial charge in [-0.05, 0) is 42.0 Å². The number of aromatic nitrogens is 4. The minimum absolute atomic E-state index is 0.173. The number of benzene rings is 1. The lowest BCUT2D eigenvalue weighted by Gasteiger charge is -2.09. The topological polar surface area (TPSA) is 85.3 Å². The minimum atomic E-state index is -0.173.